The summed E-state index contributed by atoms with van der Waals surface area (Å²) in [7, 11) is 0. The van der Waals surface area contributed by atoms with E-state index in [4.69, 9.17) is 0 Å². The second kappa shape index (κ2) is 6.47. The van der Waals surface area contributed by atoms with Gasteiger partial charge in [-0.05, 0) is 36.8 Å². The Labute approximate surface area is 143 Å². The molecule has 0 radical (unpaired) electrons. The molecule has 0 saturated heterocycles. The SMILES string of the molecule is FCCCN(c1ccn2c(n1)nc1ccccc12)c1ccccc1F. The molecule has 4 nitrogen and oxygen atoms in total. The first-order chi connectivity index (χ1) is 12.3. The molecule has 25 heavy (non-hydrogen) atoms. The summed E-state index contributed by atoms with van der Waals surface area (Å²) in [4.78, 5) is 10.8. The van der Waals surface area contributed by atoms with Crippen molar-refractivity contribution in [1.82, 2.24) is 14.4 Å². The van der Waals surface area contributed by atoms with Crippen molar-refractivity contribution < 1.29 is 8.78 Å². The number of para-hydroxylation sites is 3. The van der Waals surface area contributed by atoms with Gasteiger partial charge in [-0.1, -0.05) is 24.3 Å². The molecule has 2 heterocycles. The molecule has 4 rings (SSSR count). The quantitative estimate of drug-likeness (QED) is 0.536. The van der Waals surface area contributed by atoms with E-state index < -0.39 is 6.67 Å². The summed E-state index contributed by atoms with van der Waals surface area (Å²) >= 11 is 0. The molecule has 0 fully saturated rings. The number of imidazole rings is 1. The molecule has 6 heteroatoms. The first-order valence-corrected chi connectivity index (χ1v) is 8.10. The van der Waals surface area contributed by atoms with Gasteiger partial charge < -0.3 is 4.90 Å². The highest BCUT2D eigenvalue weighted by molar-refractivity contribution is 5.79. The fourth-order valence-electron chi connectivity index (χ4n) is 2.94. The number of rotatable bonds is 5. The lowest BCUT2D eigenvalue weighted by Crippen LogP contribution is -2.21. The van der Waals surface area contributed by atoms with Crippen LogP contribution in [0, 0.1) is 5.82 Å². The van der Waals surface area contributed by atoms with Crippen LogP contribution in [-0.2, 0) is 0 Å². The Morgan fingerprint density at radius 1 is 0.960 bits per heavy atom. The third-order valence-corrected chi connectivity index (χ3v) is 4.10. The molecule has 4 aromatic rings. The van der Waals surface area contributed by atoms with Gasteiger partial charge in [0.15, 0.2) is 0 Å². The maximum atomic E-state index is 14.2. The Morgan fingerprint density at radius 3 is 2.60 bits per heavy atom. The average molecular weight is 338 g/mol. The number of anilines is 2. The number of benzene rings is 2. The molecule has 0 spiro atoms. The molecule has 2 aromatic heterocycles. The Bertz CT molecular complexity index is 1030. The Morgan fingerprint density at radius 2 is 1.76 bits per heavy atom. The second-order valence-corrected chi connectivity index (χ2v) is 5.70. The molecule has 0 N–H and O–H groups in total. The molecular formula is C19H16F2N4. The minimum Gasteiger partial charge on any atom is -0.324 e. The molecule has 0 aliphatic rings. The van der Waals surface area contributed by atoms with Crippen LogP contribution in [-0.4, -0.2) is 27.6 Å². The molecular weight excluding hydrogens is 322 g/mol. The van der Waals surface area contributed by atoms with E-state index in [0.29, 0.717) is 23.8 Å². The van der Waals surface area contributed by atoms with Gasteiger partial charge in [0.2, 0.25) is 5.78 Å². The monoisotopic (exact) mass is 338 g/mol. The van der Waals surface area contributed by atoms with Gasteiger partial charge in [0, 0.05) is 12.7 Å². The van der Waals surface area contributed by atoms with Gasteiger partial charge in [-0.3, -0.25) is 8.79 Å². The zero-order valence-corrected chi connectivity index (χ0v) is 13.4. The number of hydrogen-bond donors (Lipinski definition) is 0. The van der Waals surface area contributed by atoms with Crippen LogP contribution in [0.1, 0.15) is 6.42 Å². The zero-order valence-electron chi connectivity index (χ0n) is 13.4. The molecule has 126 valence electrons. The maximum absolute atomic E-state index is 14.2. The van der Waals surface area contributed by atoms with Gasteiger partial charge in [0.1, 0.15) is 11.6 Å². The normalized spacial score (nSPS) is 11.3. The van der Waals surface area contributed by atoms with Crippen molar-refractivity contribution in [2.24, 2.45) is 0 Å². The van der Waals surface area contributed by atoms with Gasteiger partial charge in [0.05, 0.1) is 23.4 Å². The maximum Gasteiger partial charge on any atom is 0.236 e. The van der Waals surface area contributed by atoms with Gasteiger partial charge >= 0.3 is 0 Å². The van der Waals surface area contributed by atoms with E-state index in [-0.39, 0.29) is 12.2 Å². The molecule has 2 aromatic carbocycles. The molecule has 0 saturated carbocycles. The summed E-state index contributed by atoms with van der Waals surface area (Å²) in [6.45, 7) is -0.138. The van der Waals surface area contributed by atoms with E-state index in [1.54, 1.807) is 29.2 Å². The number of aromatic nitrogens is 3. The van der Waals surface area contributed by atoms with Crippen molar-refractivity contribution in [1.29, 1.82) is 0 Å². The van der Waals surface area contributed by atoms with Crippen molar-refractivity contribution in [2.75, 3.05) is 18.1 Å². The summed E-state index contributed by atoms with van der Waals surface area (Å²) in [5, 5.41) is 0. The Hall–Kier alpha value is -3.02. The minimum absolute atomic E-state index is 0.289. The number of alkyl halides is 1. The van der Waals surface area contributed by atoms with E-state index >= 15 is 0 Å². The summed E-state index contributed by atoms with van der Waals surface area (Å²) in [6, 6.07) is 16.0. The number of fused-ring (bicyclic) bond motifs is 3. The van der Waals surface area contributed by atoms with Gasteiger partial charge in [-0.15, -0.1) is 0 Å². The Balaban J connectivity index is 1.83. The van der Waals surface area contributed by atoms with Crippen molar-refractivity contribution in [2.45, 2.75) is 6.42 Å². The highest BCUT2D eigenvalue weighted by atomic mass is 19.1. The first-order valence-electron chi connectivity index (χ1n) is 8.10. The number of hydrogen-bond acceptors (Lipinski definition) is 3. The van der Waals surface area contributed by atoms with Crippen LogP contribution < -0.4 is 4.90 Å². The van der Waals surface area contributed by atoms with Crippen molar-refractivity contribution in [3.05, 3.63) is 66.6 Å². The molecule has 0 aliphatic carbocycles. The highest BCUT2D eigenvalue weighted by Gasteiger charge is 2.16. The van der Waals surface area contributed by atoms with Crippen molar-refractivity contribution >= 4 is 28.3 Å². The fraction of sp³-hybridized carbons (Fsp3) is 0.158. The van der Waals surface area contributed by atoms with Crippen LogP contribution in [0.25, 0.3) is 16.8 Å². The van der Waals surface area contributed by atoms with Crippen LogP contribution in [0.2, 0.25) is 0 Å². The molecule has 0 aliphatic heterocycles. The van der Waals surface area contributed by atoms with Gasteiger partial charge in [-0.25, -0.2) is 9.37 Å². The molecule has 0 unspecified atom stereocenters. The van der Waals surface area contributed by atoms with Crippen LogP contribution >= 0.6 is 0 Å². The van der Waals surface area contributed by atoms with Crippen LogP contribution in [0.15, 0.2) is 60.8 Å². The van der Waals surface area contributed by atoms with E-state index in [9.17, 15) is 8.78 Å². The van der Waals surface area contributed by atoms with E-state index in [1.807, 2.05) is 34.9 Å². The predicted molar refractivity (Wildman–Crippen MR) is 94.5 cm³/mol. The summed E-state index contributed by atoms with van der Waals surface area (Å²) in [5.41, 5.74) is 2.18. The van der Waals surface area contributed by atoms with E-state index in [2.05, 4.69) is 9.97 Å². The van der Waals surface area contributed by atoms with Crippen LogP contribution in [0.5, 0.6) is 0 Å². The molecule has 0 bridgehead atoms. The van der Waals surface area contributed by atoms with Crippen molar-refractivity contribution in [3.63, 3.8) is 0 Å². The summed E-state index contributed by atoms with van der Waals surface area (Å²) < 4.78 is 28.9. The van der Waals surface area contributed by atoms with Gasteiger partial charge in [0.25, 0.3) is 0 Å². The van der Waals surface area contributed by atoms with Crippen LogP contribution in [0.4, 0.5) is 20.3 Å². The second-order valence-electron chi connectivity index (χ2n) is 5.70. The third-order valence-electron chi connectivity index (χ3n) is 4.10. The molecule has 0 atom stereocenters. The van der Waals surface area contributed by atoms with Crippen molar-refractivity contribution in [3.8, 4) is 0 Å². The standard InChI is InChI=1S/C19H16F2N4/c20-11-5-12-24(16-8-3-1-6-14(16)21)18-10-13-25-17-9-4-2-7-15(17)22-19(25)23-18/h1-4,6-10,13H,5,11-12H2. The smallest absolute Gasteiger partial charge is 0.236 e. The zero-order chi connectivity index (χ0) is 17.2. The summed E-state index contributed by atoms with van der Waals surface area (Å²) in [5.74, 6) is 0.707. The third kappa shape index (κ3) is 2.80. The van der Waals surface area contributed by atoms with E-state index in [1.165, 1.54) is 6.07 Å². The average Bonchev–Trinajstić information content (AvgIpc) is 3.01. The minimum atomic E-state index is -0.472. The number of nitrogens with zero attached hydrogens (tertiary/aromatic N) is 4. The highest BCUT2D eigenvalue weighted by Crippen LogP contribution is 2.27. The lowest BCUT2D eigenvalue weighted by molar-refractivity contribution is 0.475. The number of halogens is 2. The topological polar surface area (TPSA) is 33.4 Å². The Kier molecular flexibility index (Phi) is 4.01. The largest absolute Gasteiger partial charge is 0.324 e. The van der Waals surface area contributed by atoms with Gasteiger partial charge in [-0.2, -0.15) is 4.98 Å². The molecule has 0 amide bonds. The fourth-order valence-corrected chi connectivity index (χ4v) is 2.94. The first kappa shape index (κ1) is 15.5. The lowest BCUT2D eigenvalue weighted by Gasteiger charge is -2.23. The van der Waals surface area contributed by atoms with Crippen LogP contribution in [0.3, 0.4) is 0 Å². The lowest BCUT2D eigenvalue weighted by atomic mass is 10.2. The summed E-state index contributed by atoms with van der Waals surface area (Å²) in [6.07, 6.45) is 2.15. The van der Waals surface area contributed by atoms with E-state index in [0.717, 1.165) is 11.0 Å². The predicted octanol–water partition coefficient (Wildman–Crippen LogP) is 4.52.